The van der Waals surface area contributed by atoms with Crippen LogP contribution in [0.4, 0.5) is 0 Å². The highest BCUT2D eigenvalue weighted by Crippen LogP contribution is 2.09. The van der Waals surface area contributed by atoms with Crippen molar-refractivity contribution in [1.29, 1.82) is 0 Å². The van der Waals surface area contributed by atoms with Crippen LogP contribution in [0.2, 0.25) is 0 Å². The van der Waals surface area contributed by atoms with Crippen molar-refractivity contribution in [2.75, 3.05) is 32.7 Å². The van der Waals surface area contributed by atoms with Gasteiger partial charge in [0.1, 0.15) is 0 Å². The molecule has 1 aliphatic rings. The molecule has 4 N–H and O–H groups in total. The van der Waals surface area contributed by atoms with Crippen molar-refractivity contribution in [2.45, 2.75) is 71.1 Å². The smallest absolute Gasteiger partial charge is 0.00772 e. The Morgan fingerprint density at radius 2 is 1.00 bits per heavy atom. The third kappa shape index (κ3) is 17.9. The number of hydrogen-bond acceptors (Lipinski definition) is 3. The molecule has 0 bridgehead atoms. The minimum atomic E-state index is 0.872. The van der Waals surface area contributed by atoms with Crippen LogP contribution in [-0.4, -0.2) is 32.7 Å². The van der Waals surface area contributed by atoms with Crippen LogP contribution in [0.25, 0.3) is 0 Å². The maximum absolute atomic E-state index is 5.42. The molecule has 0 aromatic heterocycles. The number of nitrogens with two attached hydrogens (primary N) is 1. The second-order valence-corrected chi connectivity index (χ2v) is 5.47. The van der Waals surface area contributed by atoms with E-state index in [9.17, 15) is 0 Å². The zero-order chi connectivity index (χ0) is 14.0. The van der Waals surface area contributed by atoms with Crippen LogP contribution >= 0.6 is 0 Å². The lowest BCUT2D eigenvalue weighted by molar-refractivity contribution is 0.534. The predicted octanol–water partition coefficient (Wildman–Crippen LogP) is 3.05. The van der Waals surface area contributed by atoms with Gasteiger partial charge in [-0.2, -0.15) is 0 Å². The molecule has 0 saturated carbocycles. The van der Waals surface area contributed by atoms with E-state index in [-0.39, 0.29) is 0 Å². The lowest BCUT2D eigenvalue weighted by atomic mass is 10.1. The first-order valence-corrected chi connectivity index (χ1v) is 8.53. The molecular formula is C16H37N3. The first-order valence-electron chi connectivity index (χ1n) is 8.53. The van der Waals surface area contributed by atoms with Gasteiger partial charge >= 0.3 is 0 Å². The Balaban J connectivity index is 0.000000443. The Morgan fingerprint density at radius 1 is 0.632 bits per heavy atom. The summed E-state index contributed by atoms with van der Waals surface area (Å²) < 4.78 is 0. The zero-order valence-corrected chi connectivity index (χ0v) is 13.2. The van der Waals surface area contributed by atoms with E-state index in [1.54, 1.807) is 0 Å². The number of piperazine rings is 1. The van der Waals surface area contributed by atoms with Crippen LogP contribution in [0.15, 0.2) is 0 Å². The molecule has 0 aromatic carbocycles. The molecule has 0 amide bonds. The van der Waals surface area contributed by atoms with Gasteiger partial charge in [0.25, 0.3) is 0 Å². The fourth-order valence-corrected chi connectivity index (χ4v) is 2.24. The quantitative estimate of drug-likeness (QED) is 0.535. The van der Waals surface area contributed by atoms with E-state index in [4.69, 9.17) is 5.73 Å². The Bertz CT molecular complexity index is 125. The van der Waals surface area contributed by atoms with Gasteiger partial charge in [-0.15, -0.1) is 0 Å². The second kappa shape index (κ2) is 17.9. The fourth-order valence-electron chi connectivity index (χ4n) is 2.24. The number of nitrogens with one attached hydrogen (secondary N) is 2. The Labute approximate surface area is 121 Å². The van der Waals surface area contributed by atoms with Gasteiger partial charge in [0.05, 0.1) is 0 Å². The van der Waals surface area contributed by atoms with Crippen LogP contribution < -0.4 is 16.4 Å². The second-order valence-electron chi connectivity index (χ2n) is 5.47. The van der Waals surface area contributed by atoms with E-state index in [1.165, 1.54) is 64.2 Å². The molecule has 0 unspecified atom stereocenters. The molecule has 1 rings (SSSR count). The third-order valence-electron chi connectivity index (χ3n) is 3.51. The molecule has 0 spiro atoms. The van der Waals surface area contributed by atoms with Gasteiger partial charge in [-0.25, -0.2) is 0 Å². The standard InChI is InChI=1S/C12H27N.C4H10N2/c1-2-3-4-5-6-7-8-9-10-11-12-13;1-2-6-4-3-5-1/h2-13H2,1H3;5-6H,1-4H2. The molecule has 3 nitrogen and oxygen atoms in total. The van der Waals surface area contributed by atoms with Gasteiger partial charge in [0.15, 0.2) is 0 Å². The summed E-state index contributed by atoms with van der Waals surface area (Å²) in [6, 6.07) is 0. The normalized spacial score (nSPS) is 14.8. The van der Waals surface area contributed by atoms with Crippen molar-refractivity contribution >= 4 is 0 Å². The summed E-state index contributed by atoms with van der Waals surface area (Å²) in [5.41, 5.74) is 5.42. The maximum atomic E-state index is 5.42. The van der Waals surface area contributed by atoms with E-state index in [1.807, 2.05) is 0 Å². The number of hydrogen-bond donors (Lipinski definition) is 3. The lowest BCUT2D eigenvalue weighted by Crippen LogP contribution is -2.39. The van der Waals surface area contributed by atoms with Crippen molar-refractivity contribution in [3.05, 3.63) is 0 Å². The molecule has 1 heterocycles. The van der Waals surface area contributed by atoms with E-state index in [0.29, 0.717) is 0 Å². The summed E-state index contributed by atoms with van der Waals surface area (Å²) in [7, 11) is 0. The van der Waals surface area contributed by atoms with Crippen LogP contribution in [0.3, 0.4) is 0 Å². The van der Waals surface area contributed by atoms with Gasteiger partial charge in [0.2, 0.25) is 0 Å². The SMILES string of the molecule is C1CNCCN1.CCCCCCCCCCCCN. The highest BCUT2D eigenvalue weighted by atomic mass is 15.0. The summed E-state index contributed by atoms with van der Waals surface area (Å²) in [5, 5.41) is 6.44. The van der Waals surface area contributed by atoms with E-state index < -0.39 is 0 Å². The molecule has 0 radical (unpaired) electrons. The van der Waals surface area contributed by atoms with Gasteiger partial charge in [-0.3, -0.25) is 0 Å². The maximum Gasteiger partial charge on any atom is 0.00772 e. The fraction of sp³-hybridized carbons (Fsp3) is 1.00. The van der Waals surface area contributed by atoms with E-state index in [0.717, 1.165) is 32.7 Å². The Morgan fingerprint density at radius 3 is 1.32 bits per heavy atom. The Hall–Kier alpha value is -0.120. The predicted molar refractivity (Wildman–Crippen MR) is 86.6 cm³/mol. The van der Waals surface area contributed by atoms with Gasteiger partial charge < -0.3 is 16.4 Å². The van der Waals surface area contributed by atoms with Crippen LogP contribution in [0.1, 0.15) is 71.1 Å². The molecule has 1 fully saturated rings. The van der Waals surface area contributed by atoms with Gasteiger partial charge in [-0.05, 0) is 13.0 Å². The highest BCUT2D eigenvalue weighted by Gasteiger charge is 1.92. The van der Waals surface area contributed by atoms with E-state index >= 15 is 0 Å². The average molecular weight is 271 g/mol. The van der Waals surface area contributed by atoms with E-state index in [2.05, 4.69) is 17.6 Å². The van der Waals surface area contributed by atoms with Crippen molar-refractivity contribution in [3.63, 3.8) is 0 Å². The first kappa shape index (κ1) is 18.9. The largest absolute Gasteiger partial charge is 0.330 e. The van der Waals surface area contributed by atoms with Crippen molar-refractivity contribution in [1.82, 2.24) is 10.6 Å². The van der Waals surface area contributed by atoms with Crippen molar-refractivity contribution < 1.29 is 0 Å². The van der Waals surface area contributed by atoms with Gasteiger partial charge in [0, 0.05) is 26.2 Å². The molecule has 0 aromatic rings. The average Bonchev–Trinajstić information content (AvgIpc) is 2.48. The molecule has 3 heteroatoms. The van der Waals surface area contributed by atoms with Crippen LogP contribution in [0.5, 0.6) is 0 Å². The number of unbranched alkanes of at least 4 members (excludes halogenated alkanes) is 9. The first-order chi connectivity index (χ1) is 9.41. The van der Waals surface area contributed by atoms with Crippen LogP contribution in [-0.2, 0) is 0 Å². The minimum absolute atomic E-state index is 0.872. The lowest BCUT2D eigenvalue weighted by Gasteiger charge is -2.11. The van der Waals surface area contributed by atoms with Crippen molar-refractivity contribution in [2.24, 2.45) is 5.73 Å². The summed E-state index contributed by atoms with van der Waals surface area (Å²) in [6.45, 7) is 7.70. The molecule has 19 heavy (non-hydrogen) atoms. The van der Waals surface area contributed by atoms with Crippen LogP contribution in [0, 0.1) is 0 Å². The Kier molecular flexibility index (Phi) is 17.8. The summed E-state index contributed by atoms with van der Waals surface area (Å²) >= 11 is 0. The zero-order valence-electron chi connectivity index (χ0n) is 13.2. The van der Waals surface area contributed by atoms with Gasteiger partial charge in [-0.1, -0.05) is 64.7 Å². The molecule has 0 atom stereocenters. The third-order valence-corrected chi connectivity index (χ3v) is 3.51. The molecule has 0 aliphatic carbocycles. The number of rotatable bonds is 10. The topological polar surface area (TPSA) is 50.1 Å². The molecule has 116 valence electrons. The molecule has 1 saturated heterocycles. The molecule has 1 aliphatic heterocycles. The highest BCUT2D eigenvalue weighted by molar-refractivity contribution is 4.59. The summed E-state index contributed by atoms with van der Waals surface area (Å²) in [6.07, 6.45) is 13.9. The minimum Gasteiger partial charge on any atom is -0.330 e. The monoisotopic (exact) mass is 271 g/mol. The summed E-state index contributed by atoms with van der Waals surface area (Å²) in [5.74, 6) is 0. The molecular weight excluding hydrogens is 234 g/mol. The summed E-state index contributed by atoms with van der Waals surface area (Å²) in [4.78, 5) is 0. The van der Waals surface area contributed by atoms with Crippen molar-refractivity contribution in [3.8, 4) is 0 Å².